The fourth-order valence-electron chi connectivity index (χ4n) is 4.43. The number of hydrogen-bond acceptors (Lipinski definition) is 2. The van der Waals surface area contributed by atoms with Crippen LogP contribution in [0.3, 0.4) is 0 Å². The van der Waals surface area contributed by atoms with Gasteiger partial charge in [0.05, 0.1) is 5.41 Å². The van der Waals surface area contributed by atoms with Crippen LogP contribution < -0.4 is 5.32 Å². The first kappa shape index (κ1) is 20.6. The van der Waals surface area contributed by atoms with Crippen molar-refractivity contribution < 1.29 is 14.0 Å². The van der Waals surface area contributed by atoms with Gasteiger partial charge in [-0.25, -0.2) is 4.39 Å². The second-order valence-corrected chi connectivity index (χ2v) is 8.65. The fraction of sp³-hybridized carbons (Fsp3) is 0.440. The van der Waals surface area contributed by atoms with E-state index in [0.29, 0.717) is 24.9 Å². The lowest BCUT2D eigenvalue weighted by Gasteiger charge is -2.42. The number of benzene rings is 2. The third kappa shape index (κ3) is 4.40. The summed E-state index contributed by atoms with van der Waals surface area (Å²) in [5, 5.41) is 3.18. The standard InChI is InChI=1S/C25H29FN2O2/c1-2-23(29)28-15-5-14-25(17-28,24(30)27-20-12-13-20)16-18-8-10-19(11-9-18)21-6-3-4-7-22(21)26/h3-4,6-11,20H,2,5,12-17H2,1H3,(H,27,30)/t25-/m1/s1. The van der Waals surface area contributed by atoms with E-state index in [9.17, 15) is 14.0 Å². The number of carbonyl (C=O) groups is 2. The molecule has 1 atom stereocenters. The molecule has 1 saturated carbocycles. The average molecular weight is 409 g/mol. The summed E-state index contributed by atoms with van der Waals surface area (Å²) in [4.78, 5) is 27.5. The molecule has 1 aliphatic carbocycles. The molecule has 4 rings (SSSR count). The highest BCUT2D eigenvalue weighted by molar-refractivity contribution is 5.85. The molecular weight excluding hydrogens is 379 g/mol. The molecule has 5 heteroatoms. The summed E-state index contributed by atoms with van der Waals surface area (Å²) in [6, 6.07) is 14.8. The maximum atomic E-state index is 14.1. The summed E-state index contributed by atoms with van der Waals surface area (Å²) in [6.45, 7) is 3.05. The number of hydrogen-bond donors (Lipinski definition) is 1. The number of likely N-dealkylation sites (tertiary alicyclic amines) is 1. The van der Waals surface area contributed by atoms with E-state index in [1.165, 1.54) is 6.07 Å². The number of rotatable bonds is 6. The van der Waals surface area contributed by atoms with Crippen LogP contribution in [0.15, 0.2) is 48.5 Å². The van der Waals surface area contributed by atoms with Crippen molar-refractivity contribution in [2.75, 3.05) is 13.1 Å². The van der Waals surface area contributed by atoms with Crippen LogP contribution in [-0.4, -0.2) is 35.8 Å². The normalized spacial score (nSPS) is 21.3. The predicted molar refractivity (Wildman–Crippen MR) is 115 cm³/mol. The van der Waals surface area contributed by atoms with Crippen molar-refractivity contribution in [3.8, 4) is 11.1 Å². The van der Waals surface area contributed by atoms with Crippen molar-refractivity contribution in [1.29, 1.82) is 0 Å². The zero-order chi connectivity index (χ0) is 21.1. The molecule has 30 heavy (non-hydrogen) atoms. The highest BCUT2D eigenvalue weighted by Crippen LogP contribution is 2.36. The summed E-state index contributed by atoms with van der Waals surface area (Å²) in [7, 11) is 0. The van der Waals surface area contributed by atoms with Crippen LogP contribution in [0.5, 0.6) is 0 Å². The zero-order valence-corrected chi connectivity index (χ0v) is 17.5. The first-order valence-electron chi connectivity index (χ1n) is 10.9. The first-order chi connectivity index (χ1) is 14.5. The molecule has 4 nitrogen and oxygen atoms in total. The zero-order valence-electron chi connectivity index (χ0n) is 17.5. The Balaban J connectivity index is 1.57. The predicted octanol–water partition coefficient (Wildman–Crippen LogP) is 4.33. The van der Waals surface area contributed by atoms with Gasteiger partial charge in [-0.05, 0) is 49.3 Å². The summed E-state index contributed by atoms with van der Waals surface area (Å²) < 4.78 is 14.1. The molecule has 0 spiro atoms. The van der Waals surface area contributed by atoms with Crippen molar-refractivity contribution in [2.45, 2.75) is 51.5 Å². The Kier molecular flexibility index (Phi) is 5.89. The molecular formula is C25H29FN2O2. The first-order valence-corrected chi connectivity index (χ1v) is 10.9. The van der Waals surface area contributed by atoms with Crippen molar-refractivity contribution in [3.63, 3.8) is 0 Å². The Morgan fingerprint density at radius 2 is 1.87 bits per heavy atom. The van der Waals surface area contributed by atoms with E-state index in [-0.39, 0.29) is 23.7 Å². The molecule has 2 amide bonds. The van der Waals surface area contributed by atoms with Crippen LogP contribution in [0.25, 0.3) is 11.1 Å². The monoisotopic (exact) mass is 408 g/mol. The molecule has 0 radical (unpaired) electrons. The largest absolute Gasteiger partial charge is 0.353 e. The van der Waals surface area contributed by atoms with Crippen LogP contribution in [0.2, 0.25) is 0 Å². The van der Waals surface area contributed by atoms with E-state index in [4.69, 9.17) is 0 Å². The molecule has 0 bridgehead atoms. The van der Waals surface area contributed by atoms with E-state index >= 15 is 0 Å². The van der Waals surface area contributed by atoms with Gasteiger partial charge in [0.1, 0.15) is 5.82 Å². The molecule has 158 valence electrons. The second-order valence-electron chi connectivity index (χ2n) is 8.65. The van der Waals surface area contributed by atoms with Crippen molar-refractivity contribution in [3.05, 3.63) is 59.9 Å². The topological polar surface area (TPSA) is 49.4 Å². The van der Waals surface area contributed by atoms with Crippen molar-refractivity contribution >= 4 is 11.8 Å². The van der Waals surface area contributed by atoms with Crippen LogP contribution in [-0.2, 0) is 16.0 Å². The summed E-state index contributed by atoms with van der Waals surface area (Å²) in [5.41, 5.74) is 1.82. The van der Waals surface area contributed by atoms with Gasteiger partial charge in [0.2, 0.25) is 11.8 Å². The summed E-state index contributed by atoms with van der Waals surface area (Å²) in [6.07, 6.45) is 4.72. The van der Waals surface area contributed by atoms with Crippen molar-refractivity contribution in [1.82, 2.24) is 10.2 Å². The third-order valence-corrected chi connectivity index (χ3v) is 6.31. The number of carbonyl (C=O) groups excluding carboxylic acids is 2. The molecule has 2 aliphatic rings. The Hall–Kier alpha value is -2.69. The van der Waals surface area contributed by atoms with Gasteiger partial charge in [-0.15, -0.1) is 0 Å². The number of halogens is 1. The van der Waals surface area contributed by atoms with Gasteiger partial charge in [0.15, 0.2) is 0 Å². The lowest BCUT2D eigenvalue weighted by Crippen LogP contribution is -2.54. The van der Waals surface area contributed by atoms with Gasteiger partial charge in [-0.3, -0.25) is 9.59 Å². The maximum Gasteiger partial charge on any atom is 0.228 e. The Morgan fingerprint density at radius 1 is 1.13 bits per heavy atom. The minimum Gasteiger partial charge on any atom is -0.353 e. The van der Waals surface area contributed by atoms with E-state index in [0.717, 1.165) is 43.4 Å². The van der Waals surface area contributed by atoms with Gasteiger partial charge >= 0.3 is 0 Å². The molecule has 1 heterocycles. The van der Waals surface area contributed by atoms with Crippen LogP contribution in [0, 0.1) is 11.2 Å². The van der Waals surface area contributed by atoms with Crippen LogP contribution >= 0.6 is 0 Å². The highest BCUT2D eigenvalue weighted by atomic mass is 19.1. The van der Waals surface area contributed by atoms with Gasteiger partial charge in [-0.1, -0.05) is 49.4 Å². The molecule has 1 saturated heterocycles. The van der Waals surface area contributed by atoms with Crippen LogP contribution in [0.1, 0.15) is 44.6 Å². The van der Waals surface area contributed by atoms with Crippen molar-refractivity contribution in [2.24, 2.45) is 5.41 Å². The van der Waals surface area contributed by atoms with Gasteiger partial charge in [-0.2, -0.15) is 0 Å². The molecule has 2 aromatic rings. The SMILES string of the molecule is CCC(=O)N1CCC[C@](Cc2ccc(-c3ccccc3F)cc2)(C(=O)NC2CC2)C1. The molecule has 1 N–H and O–H groups in total. The third-order valence-electron chi connectivity index (χ3n) is 6.31. The van der Waals surface area contributed by atoms with Gasteiger partial charge < -0.3 is 10.2 Å². The number of nitrogens with one attached hydrogen (secondary N) is 1. The molecule has 1 aliphatic heterocycles. The number of piperidine rings is 1. The fourth-order valence-corrected chi connectivity index (χ4v) is 4.43. The van der Waals surface area contributed by atoms with E-state index in [1.807, 2.05) is 42.2 Å². The molecule has 2 fully saturated rings. The minimum atomic E-state index is -0.606. The van der Waals surface area contributed by atoms with E-state index in [2.05, 4.69) is 5.32 Å². The molecule has 2 aromatic carbocycles. The van der Waals surface area contributed by atoms with Gasteiger partial charge in [0.25, 0.3) is 0 Å². The second kappa shape index (κ2) is 8.58. The van der Waals surface area contributed by atoms with E-state index < -0.39 is 5.41 Å². The quantitative estimate of drug-likeness (QED) is 0.773. The Bertz CT molecular complexity index is 923. The number of amides is 2. The Morgan fingerprint density at radius 3 is 2.53 bits per heavy atom. The van der Waals surface area contributed by atoms with Crippen LogP contribution in [0.4, 0.5) is 4.39 Å². The van der Waals surface area contributed by atoms with Gasteiger partial charge in [0, 0.05) is 31.1 Å². The minimum absolute atomic E-state index is 0.0665. The lowest BCUT2D eigenvalue weighted by molar-refractivity contribution is -0.141. The average Bonchev–Trinajstić information content (AvgIpc) is 3.58. The smallest absolute Gasteiger partial charge is 0.228 e. The van der Waals surface area contributed by atoms with E-state index in [1.54, 1.807) is 12.1 Å². The summed E-state index contributed by atoms with van der Waals surface area (Å²) >= 11 is 0. The lowest BCUT2D eigenvalue weighted by atomic mass is 9.74. The highest BCUT2D eigenvalue weighted by Gasteiger charge is 2.44. The summed E-state index contributed by atoms with van der Waals surface area (Å²) in [5.74, 6) is -0.0727. The Labute approximate surface area is 177 Å². The molecule has 0 aromatic heterocycles. The maximum absolute atomic E-state index is 14.1. The number of nitrogens with zero attached hydrogens (tertiary/aromatic N) is 1. The molecule has 0 unspecified atom stereocenters.